The average molecular weight is 294 g/mol. The zero-order valence-electron chi connectivity index (χ0n) is 12.9. The summed E-state index contributed by atoms with van der Waals surface area (Å²) < 4.78 is 11.0. The van der Waals surface area contributed by atoms with Crippen molar-refractivity contribution in [3.05, 3.63) is 30.1 Å². The van der Waals surface area contributed by atoms with Crippen LogP contribution >= 0.6 is 0 Å². The summed E-state index contributed by atoms with van der Waals surface area (Å²) in [6.45, 7) is 4.45. The van der Waals surface area contributed by atoms with Crippen LogP contribution in [0.2, 0.25) is 0 Å². The van der Waals surface area contributed by atoms with Crippen LogP contribution < -0.4 is 0 Å². The highest BCUT2D eigenvalue weighted by molar-refractivity contribution is 5.12. The highest BCUT2D eigenvalue weighted by Gasteiger charge is 2.18. The number of likely N-dealkylation sites (N-methyl/N-ethyl adjacent to an activating group) is 1. The second-order valence-electron chi connectivity index (χ2n) is 5.73. The van der Waals surface area contributed by atoms with E-state index in [0.29, 0.717) is 19.8 Å². The van der Waals surface area contributed by atoms with Crippen molar-refractivity contribution in [2.45, 2.75) is 38.0 Å². The molecule has 118 valence electrons. The minimum atomic E-state index is -0.490. The van der Waals surface area contributed by atoms with Crippen molar-refractivity contribution in [1.29, 1.82) is 0 Å². The lowest BCUT2D eigenvalue weighted by molar-refractivity contribution is -0.0257. The van der Waals surface area contributed by atoms with Gasteiger partial charge in [0, 0.05) is 31.6 Å². The number of aliphatic hydroxyl groups excluding tert-OH is 1. The SMILES string of the molecule is CC(c1cccnc1)N(C)CC(O)COCC1CCCO1. The van der Waals surface area contributed by atoms with Crippen LogP contribution in [-0.4, -0.2) is 60.6 Å². The van der Waals surface area contributed by atoms with Crippen molar-refractivity contribution in [2.24, 2.45) is 0 Å². The summed E-state index contributed by atoms with van der Waals surface area (Å²) in [5.74, 6) is 0. The van der Waals surface area contributed by atoms with Crippen LogP contribution in [0.5, 0.6) is 0 Å². The zero-order valence-corrected chi connectivity index (χ0v) is 12.9. The number of ether oxygens (including phenoxy) is 2. The van der Waals surface area contributed by atoms with Gasteiger partial charge >= 0.3 is 0 Å². The minimum absolute atomic E-state index is 0.212. The van der Waals surface area contributed by atoms with Crippen molar-refractivity contribution in [2.75, 3.05) is 33.4 Å². The Kier molecular flexibility index (Phi) is 6.57. The third-order valence-corrected chi connectivity index (χ3v) is 3.96. The van der Waals surface area contributed by atoms with E-state index in [-0.39, 0.29) is 12.1 Å². The first-order chi connectivity index (χ1) is 10.2. The summed E-state index contributed by atoms with van der Waals surface area (Å²) in [5.41, 5.74) is 1.15. The normalized spacial score (nSPS) is 21.6. The molecule has 2 heterocycles. The molecule has 1 aliphatic rings. The molecule has 0 spiro atoms. The molecule has 1 fully saturated rings. The maximum Gasteiger partial charge on any atom is 0.0900 e. The Morgan fingerprint density at radius 2 is 2.43 bits per heavy atom. The van der Waals surface area contributed by atoms with E-state index in [1.54, 1.807) is 6.20 Å². The highest BCUT2D eigenvalue weighted by atomic mass is 16.5. The van der Waals surface area contributed by atoms with E-state index in [9.17, 15) is 5.11 Å². The molecule has 1 saturated heterocycles. The molecular weight excluding hydrogens is 268 g/mol. The lowest BCUT2D eigenvalue weighted by Gasteiger charge is -2.27. The summed E-state index contributed by atoms with van der Waals surface area (Å²) >= 11 is 0. The molecular formula is C16H26N2O3. The Bertz CT molecular complexity index is 396. The van der Waals surface area contributed by atoms with E-state index in [0.717, 1.165) is 25.0 Å². The van der Waals surface area contributed by atoms with Crippen LogP contribution in [-0.2, 0) is 9.47 Å². The molecule has 21 heavy (non-hydrogen) atoms. The van der Waals surface area contributed by atoms with E-state index in [1.807, 2.05) is 19.3 Å². The summed E-state index contributed by atoms with van der Waals surface area (Å²) in [6.07, 6.45) is 5.53. The van der Waals surface area contributed by atoms with Gasteiger partial charge in [0.1, 0.15) is 0 Å². The topological polar surface area (TPSA) is 54.8 Å². The molecule has 0 amide bonds. The minimum Gasteiger partial charge on any atom is -0.389 e. The van der Waals surface area contributed by atoms with Crippen LogP contribution in [0.1, 0.15) is 31.4 Å². The smallest absolute Gasteiger partial charge is 0.0900 e. The summed E-state index contributed by atoms with van der Waals surface area (Å²) in [4.78, 5) is 6.24. The van der Waals surface area contributed by atoms with Gasteiger partial charge < -0.3 is 14.6 Å². The van der Waals surface area contributed by atoms with Crippen molar-refractivity contribution in [3.63, 3.8) is 0 Å². The number of rotatable bonds is 8. The van der Waals surface area contributed by atoms with Crippen LogP contribution in [0.3, 0.4) is 0 Å². The Hall–Kier alpha value is -1.01. The van der Waals surface area contributed by atoms with Gasteiger partial charge in [0.15, 0.2) is 0 Å². The number of aromatic nitrogens is 1. The first kappa shape index (κ1) is 16.4. The van der Waals surface area contributed by atoms with Crippen LogP contribution in [0.25, 0.3) is 0 Å². The molecule has 0 bridgehead atoms. The van der Waals surface area contributed by atoms with Gasteiger partial charge in [0.25, 0.3) is 0 Å². The van der Waals surface area contributed by atoms with Crippen LogP contribution in [0.15, 0.2) is 24.5 Å². The monoisotopic (exact) mass is 294 g/mol. The standard InChI is InChI=1S/C16H26N2O3/c1-13(14-5-3-7-17-9-14)18(2)10-15(19)11-20-12-16-6-4-8-21-16/h3,5,7,9,13,15-16,19H,4,6,8,10-12H2,1-2H3. The van der Waals surface area contributed by atoms with Gasteiger partial charge in [-0.1, -0.05) is 6.07 Å². The molecule has 3 unspecified atom stereocenters. The molecule has 1 aromatic heterocycles. The summed E-state index contributed by atoms with van der Waals surface area (Å²) in [6, 6.07) is 4.20. The number of aliphatic hydroxyl groups is 1. The van der Waals surface area contributed by atoms with E-state index >= 15 is 0 Å². The number of hydrogen-bond acceptors (Lipinski definition) is 5. The zero-order chi connectivity index (χ0) is 15.1. The molecule has 0 radical (unpaired) electrons. The first-order valence-electron chi connectivity index (χ1n) is 7.64. The van der Waals surface area contributed by atoms with E-state index in [1.165, 1.54) is 0 Å². The van der Waals surface area contributed by atoms with E-state index < -0.39 is 6.10 Å². The molecule has 1 aromatic rings. The van der Waals surface area contributed by atoms with Gasteiger partial charge in [0.2, 0.25) is 0 Å². The Morgan fingerprint density at radius 1 is 1.57 bits per heavy atom. The van der Waals surface area contributed by atoms with Crippen molar-refractivity contribution in [3.8, 4) is 0 Å². The molecule has 0 saturated carbocycles. The molecule has 3 atom stereocenters. The third kappa shape index (κ3) is 5.36. The van der Waals surface area contributed by atoms with Gasteiger partial charge in [-0.15, -0.1) is 0 Å². The fraction of sp³-hybridized carbons (Fsp3) is 0.688. The predicted molar refractivity (Wildman–Crippen MR) is 81.1 cm³/mol. The second-order valence-corrected chi connectivity index (χ2v) is 5.73. The summed E-state index contributed by atoms with van der Waals surface area (Å²) in [7, 11) is 2.00. The molecule has 1 aliphatic heterocycles. The number of pyridine rings is 1. The first-order valence-corrected chi connectivity index (χ1v) is 7.64. The summed E-state index contributed by atoms with van der Waals surface area (Å²) in [5, 5.41) is 10.1. The maximum atomic E-state index is 10.1. The molecule has 2 rings (SSSR count). The predicted octanol–water partition coefficient (Wildman–Crippen LogP) is 1.63. The fourth-order valence-electron chi connectivity index (χ4n) is 2.53. The number of hydrogen-bond donors (Lipinski definition) is 1. The third-order valence-electron chi connectivity index (χ3n) is 3.96. The second kappa shape index (κ2) is 8.44. The van der Waals surface area contributed by atoms with E-state index in [2.05, 4.69) is 22.9 Å². The lowest BCUT2D eigenvalue weighted by atomic mass is 10.1. The van der Waals surface area contributed by atoms with E-state index in [4.69, 9.17) is 9.47 Å². The van der Waals surface area contributed by atoms with Crippen molar-refractivity contribution in [1.82, 2.24) is 9.88 Å². The van der Waals surface area contributed by atoms with Gasteiger partial charge in [-0.05, 0) is 38.4 Å². The Balaban J connectivity index is 1.67. The van der Waals surface area contributed by atoms with Crippen molar-refractivity contribution >= 4 is 0 Å². The molecule has 0 aliphatic carbocycles. The largest absolute Gasteiger partial charge is 0.389 e. The maximum absolute atomic E-state index is 10.1. The molecule has 1 N–H and O–H groups in total. The Labute approximate surface area is 126 Å². The number of nitrogens with zero attached hydrogens (tertiary/aromatic N) is 2. The molecule has 5 heteroatoms. The molecule has 5 nitrogen and oxygen atoms in total. The Morgan fingerprint density at radius 3 is 3.10 bits per heavy atom. The average Bonchev–Trinajstić information content (AvgIpc) is 3.00. The van der Waals surface area contributed by atoms with Crippen LogP contribution in [0.4, 0.5) is 0 Å². The molecule has 0 aromatic carbocycles. The fourth-order valence-corrected chi connectivity index (χ4v) is 2.53. The highest BCUT2D eigenvalue weighted by Crippen LogP contribution is 2.17. The van der Waals surface area contributed by atoms with Gasteiger partial charge in [-0.2, -0.15) is 0 Å². The van der Waals surface area contributed by atoms with Gasteiger partial charge in [-0.3, -0.25) is 9.88 Å². The van der Waals surface area contributed by atoms with Gasteiger partial charge in [-0.25, -0.2) is 0 Å². The lowest BCUT2D eigenvalue weighted by Crippen LogP contribution is -2.34. The van der Waals surface area contributed by atoms with Crippen molar-refractivity contribution < 1.29 is 14.6 Å². The van der Waals surface area contributed by atoms with Crippen LogP contribution in [0, 0.1) is 0 Å². The van der Waals surface area contributed by atoms with Gasteiger partial charge in [0.05, 0.1) is 25.4 Å². The quantitative estimate of drug-likeness (QED) is 0.790.